The maximum Gasteiger partial charge on any atom is 0.234 e. The van der Waals surface area contributed by atoms with Gasteiger partial charge < -0.3 is 11.1 Å². The van der Waals surface area contributed by atoms with Gasteiger partial charge >= 0.3 is 0 Å². The molecule has 2 fully saturated rings. The molecule has 3 N–H and O–H groups in total. The number of nitrogens with zero attached hydrogens (tertiary/aromatic N) is 1. The molecular weight excluding hydrogens is 190 g/mol. The molecule has 2 unspecified atom stereocenters. The van der Waals surface area contributed by atoms with Gasteiger partial charge in [-0.05, 0) is 31.7 Å². The van der Waals surface area contributed by atoms with Crippen LogP contribution in [0.2, 0.25) is 0 Å². The fourth-order valence-corrected chi connectivity index (χ4v) is 2.89. The molecule has 0 bridgehead atoms. The van der Waals surface area contributed by atoms with Gasteiger partial charge in [-0.25, -0.2) is 0 Å². The van der Waals surface area contributed by atoms with Crippen molar-refractivity contribution in [2.75, 3.05) is 26.2 Å². The Hall–Kier alpha value is -0.610. The predicted octanol–water partition coefficient (Wildman–Crippen LogP) is -0.0643. The predicted molar refractivity (Wildman–Crippen MR) is 59.4 cm³/mol. The molecule has 2 atom stereocenters. The van der Waals surface area contributed by atoms with E-state index in [2.05, 4.69) is 10.2 Å². The van der Waals surface area contributed by atoms with Crippen molar-refractivity contribution in [3.8, 4) is 0 Å². The first kappa shape index (κ1) is 10.9. The molecule has 86 valence electrons. The van der Waals surface area contributed by atoms with Gasteiger partial charge in [-0.15, -0.1) is 0 Å². The number of hydrogen-bond acceptors (Lipinski definition) is 3. The number of carbonyl (C=O) groups is 1. The molecule has 4 heteroatoms. The standard InChI is InChI=1S/C11H21N3O/c12-7-9-3-1-4-10(9)14-6-2-5-13-11(15)8-14/h9-10H,1-8,12H2,(H,13,15). The summed E-state index contributed by atoms with van der Waals surface area (Å²) < 4.78 is 0. The third kappa shape index (κ3) is 2.49. The van der Waals surface area contributed by atoms with Gasteiger partial charge in [-0.2, -0.15) is 0 Å². The van der Waals surface area contributed by atoms with Crippen molar-refractivity contribution < 1.29 is 4.79 Å². The first-order valence-electron chi connectivity index (χ1n) is 6.02. The minimum absolute atomic E-state index is 0.176. The van der Waals surface area contributed by atoms with E-state index < -0.39 is 0 Å². The lowest BCUT2D eigenvalue weighted by atomic mass is 10.0. The van der Waals surface area contributed by atoms with Gasteiger partial charge in [0.1, 0.15) is 0 Å². The van der Waals surface area contributed by atoms with E-state index in [4.69, 9.17) is 5.73 Å². The average Bonchev–Trinajstić information content (AvgIpc) is 2.61. The van der Waals surface area contributed by atoms with E-state index in [1.165, 1.54) is 19.3 Å². The van der Waals surface area contributed by atoms with Crippen molar-refractivity contribution in [2.24, 2.45) is 11.7 Å². The second kappa shape index (κ2) is 4.94. The van der Waals surface area contributed by atoms with Crippen LogP contribution in [0.25, 0.3) is 0 Å². The molecule has 4 nitrogen and oxygen atoms in total. The summed E-state index contributed by atoms with van der Waals surface area (Å²) in [7, 11) is 0. The van der Waals surface area contributed by atoms with E-state index in [1.54, 1.807) is 0 Å². The van der Waals surface area contributed by atoms with E-state index in [1.807, 2.05) is 0 Å². The largest absolute Gasteiger partial charge is 0.355 e. The summed E-state index contributed by atoms with van der Waals surface area (Å²) in [6, 6.07) is 0.554. The molecule has 1 amide bonds. The topological polar surface area (TPSA) is 58.4 Å². The molecule has 0 spiro atoms. The van der Waals surface area contributed by atoms with Crippen LogP contribution in [0.5, 0.6) is 0 Å². The zero-order chi connectivity index (χ0) is 10.7. The molecule has 1 aliphatic heterocycles. The smallest absolute Gasteiger partial charge is 0.234 e. The molecule has 0 aromatic rings. The molecule has 15 heavy (non-hydrogen) atoms. The van der Waals surface area contributed by atoms with Crippen LogP contribution in [-0.4, -0.2) is 43.0 Å². The Morgan fingerprint density at radius 1 is 1.40 bits per heavy atom. The van der Waals surface area contributed by atoms with Crippen LogP contribution in [-0.2, 0) is 4.79 Å². The summed E-state index contributed by atoms with van der Waals surface area (Å²) in [6.45, 7) is 3.21. The van der Waals surface area contributed by atoms with E-state index in [-0.39, 0.29) is 5.91 Å². The lowest BCUT2D eigenvalue weighted by Gasteiger charge is -2.30. The van der Waals surface area contributed by atoms with Gasteiger partial charge in [-0.3, -0.25) is 9.69 Å². The van der Waals surface area contributed by atoms with Gasteiger partial charge in [0.25, 0.3) is 0 Å². The van der Waals surface area contributed by atoms with E-state index >= 15 is 0 Å². The lowest BCUT2D eigenvalue weighted by molar-refractivity contribution is -0.122. The van der Waals surface area contributed by atoms with Crippen molar-refractivity contribution in [1.82, 2.24) is 10.2 Å². The number of amides is 1. The fourth-order valence-electron chi connectivity index (χ4n) is 2.89. The van der Waals surface area contributed by atoms with Crippen molar-refractivity contribution in [2.45, 2.75) is 31.7 Å². The third-order valence-corrected chi connectivity index (χ3v) is 3.68. The number of nitrogens with one attached hydrogen (secondary N) is 1. The van der Waals surface area contributed by atoms with Crippen LogP contribution in [0, 0.1) is 5.92 Å². The Balaban J connectivity index is 1.98. The Kier molecular flexibility index (Phi) is 3.59. The first-order chi connectivity index (χ1) is 7.31. The number of rotatable bonds is 2. The van der Waals surface area contributed by atoms with Crippen molar-refractivity contribution in [1.29, 1.82) is 0 Å². The highest BCUT2D eigenvalue weighted by molar-refractivity contribution is 5.78. The average molecular weight is 211 g/mol. The molecular formula is C11H21N3O. The molecule has 0 radical (unpaired) electrons. The molecule has 1 saturated carbocycles. The maximum atomic E-state index is 11.5. The van der Waals surface area contributed by atoms with Gasteiger partial charge in [0.2, 0.25) is 5.91 Å². The Labute approximate surface area is 91.2 Å². The van der Waals surface area contributed by atoms with Gasteiger partial charge in [0.15, 0.2) is 0 Å². The Bertz CT molecular complexity index is 232. The molecule has 1 saturated heterocycles. The summed E-state index contributed by atoms with van der Waals surface area (Å²) in [5.74, 6) is 0.783. The zero-order valence-corrected chi connectivity index (χ0v) is 9.24. The highest BCUT2D eigenvalue weighted by Gasteiger charge is 2.32. The van der Waals surface area contributed by atoms with E-state index in [0.717, 1.165) is 26.1 Å². The summed E-state index contributed by atoms with van der Waals surface area (Å²) in [4.78, 5) is 13.8. The molecule has 2 aliphatic rings. The molecule has 0 aromatic carbocycles. The van der Waals surface area contributed by atoms with Crippen molar-refractivity contribution >= 4 is 5.91 Å². The molecule has 0 aromatic heterocycles. The minimum atomic E-state index is 0.176. The van der Waals surface area contributed by atoms with Crippen molar-refractivity contribution in [3.63, 3.8) is 0 Å². The molecule has 1 aliphatic carbocycles. The van der Waals surface area contributed by atoms with Crippen LogP contribution in [0.15, 0.2) is 0 Å². The van der Waals surface area contributed by atoms with E-state index in [9.17, 15) is 4.79 Å². The second-order valence-corrected chi connectivity index (χ2v) is 4.67. The summed E-state index contributed by atoms with van der Waals surface area (Å²) >= 11 is 0. The maximum absolute atomic E-state index is 11.5. The summed E-state index contributed by atoms with van der Waals surface area (Å²) in [6.07, 6.45) is 4.79. The first-order valence-corrected chi connectivity index (χ1v) is 6.02. The second-order valence-electron chi connectivity index (χ2n) is 4.67. The normalized spacial score (nSPS) is 33.8. The van der Waals surface area contributed by atoms with Crippen molar-refractivity contribution in [3.05, 3.63) is 0 Å². The number of hydrogen-bond donors (Lipinski definition) is 2. The minimum Gasteiger partial charge on any atom is -0.355 e. The van der Waals surface area contributed by atoms with Crippen LogP contribution >= 0.6 is 0 Å². The number of nitrogens with two attached hydrogens (primary N) is 1. The Morgan fingerprint density at radius 3 is 3.07 bits per heavy atom. The molecule has 1 heterocycles. The number of carbonyl (C=O) groups excluding carboxylic acids is 1. The monoisotopic (exact) mass is 211 g/mol. The Morgan fingerprint density at radius 2 is 2.27 bits per heavy atom. The lowest BCUT2D eigenvalue weighted by Crippen LogP contribution is -2.43. The highest BCUT2D eigenvalue weighted by Crippen LogP contribution is 2.29. The fraction of sp³-hybridized carbons (Fsp3) is 0.909. The zero-order valence-electron chi connectivity index (χ0n) is 9.24. The van der Waals surface area contributed by atoms with Crippen LogP contribution in [0.4, 0.5) is 0 Å². The van der Waals surface area contributed by atoms with Crippen LogP contribution in [0.1, 0.15) is 25.7 Å². The van der Waals surface area contributed by atoms with Crippen LogP contribution < -0.4 is 11.1 Å². The van der Waals surface area contributed by atoms with Gasteiger partial charge in [-0.1, -0.05) is 6.42 Å². The van der Waals surface area contributed by atoms with E-state index in [0.29, 0.717) is 18.5 Å². The third-order valence-electron chi connectivity index (χ3n) is 3.68. The van der Waals surface area contributed by atoms with Gasteiger partial charge in [0, 0.05) is 19.1 Å². The summed E-state index contributed by atoms with van der Waals surface area (Å²) in [5.41, 5.74) is 5.78. The summed E-state index contributed by atoms with van der Waals surface area (Å²) in [5, 5.41) is 2.92. The van der Waals surface area contributed by atoms with Crippen LogP contribution in [0.3, 0.4) is 0 Å². The quantitative estimate of drug-likeness (QED) is 0.672. The van der Waals surface area contributed by atoms with Gasteiger partial charge in [0.05, 0.1) is 6.54 Å². The SMILES string of the molecule is NCC1CCCC1N1CCCNC(=O)C1. The molecule has 2 rings (SSSR count). The highest BCUT2D eigenvalue weighted by atomic mass is 16.2.